The second kappa shape index (κ2) is 6.70. The van der Waals surface area contributed by atoms with Crippen LogP contribution in [0.15, 0.2) is 24.3 Å². The number of tetrazole rings is 1. The predicted molar refractivity (Wildman–Crippen MR) is 110 cm³/mol. The van der Waals surface area contributed by atoms with E-state index >= 15 is 0 Å². The van der Waals surface area contributed by atoms with Gasteiger partial charge in [-0.1, -0.05) is 18.2 Å². The third kappa shape index (κ3) is 2.67. The Kier molecular flexibility index (Phi) is 4.21. The molecule has 2 aliphatic heterocycles. The minimum absolute atomic E-state index is 0.118. The number of hydrogen-bond acceptors (Lipinski definition) is 6. The highest BCUT2D eigenvalue weighted by Crippen LogP contribution is 2.52. The molecule has 0 bridgehead atoms. The summed E-state index contributed by atoms with van der Waals surface area (Å²) in [6, 6.07) is 8.19. The maximum Gasteiger partial charge on any atom is 0.231 e. The summed E-state index contributed by atoms with van der Waals surface area (Å²) in [5.74, 6) is 2.91. The first kappa shape index (κ1) is 18.9. The Labute approximate surface area is 175 Å². The molecular formula is C22H26N5O3+. The molecule has 3 aromatic rings. The first-order valence-electron chi connectivity index (χ1n) is 10.1. The number of likely N-dealkylation sites (N-methyl/N-ethyl adjacent to an activating group) is 1. The molecule has 30 heavy (non-hydrogen) atoms. The zero-order valence-electron chi connectivity index (χ0n) is 18.0. The second-order valence-electron chi connectivity index (χ2n) is 8.56. The highest BCUT2D eigenvalue weighted by Gasteiger charge is 2.45. The quantitative estimate of drug-likeness (QED) is 0.621. The number of methoxy groups -OCH3 is 1. The van der Waals surface area contributed by atoms with Crippen molar-refractivity contribution in [1.29, 1.82) is 0 Å². The fraction of sp³-hybridized carbons (Fsp3) is 0.409. The predicted octanol–water partition coefficient (Wildman–Crippen LogP) is 2.74. The summed E-state index contributed by atoms with van der Waals surface area (Å²) in [7, 11) is 6.10. The zero-order valence-corrected chi connectivity index (χ0v) is 18.0. The van der Waals surface area contributed by atoms with Gasteiger partial charge in [0.2, 0.25) is 18.4 Å². The van der Waals surface area contributed by atoms with E-state index in [-0.39, 0.29) is 12.8 Å². The maximum absolute atomic E-state index is 5.88. The van der Waals surface area contributed by atoms with Gasteiger partial charge in [-0.25, -0.2) is 0 Å². The molecule has 0 radical (unpaired) electrons. The Bertz CT molecular complexity index is 1120. The summed E-state index contributed by atoms with van der Waals surface area (Å²) in [6.45, 7) is 5.32. The molecular weight excluding hydrogens is 382 g/mol. The van der Waals surface area contributed by atoms with Crippen LogP contribution >= 0.6 is 0 Å². The average Bonchev–Trinajstić information content (AvgIpc) is 3.35. The number of ether oxygens (including phenoxy) is 3. The number of rotatable bonds is 3. The van der Waals surface area contributed by atoms with Crippen LogP contribution in [0.3, 0.4) is 0 Å². The topological polar surface area (TPSA) is 71.3 Å². The Hall–Kier alpha value is -3.13. The van der Waals surface area contributed by atoms with Crippen molar-refractivity contribution in [3.63, 3.8) is 0 Å². The second-order valence-corrected chi connectivity index (χ2v) is 8.56. The lowest BCUT2D eigenvalue weighted by Crippen LogP contribution is -2.49. The van der Waals surface area contributed by atoms with E-state index < -0.39 is 0 Å². The number of para-hydroxylation sites is 1. The molecule has 0 saturated carbocycles. The fourth-order valence-electron chi connectivity index (χ4n) is 4.78. The third-order valence-electron chi connectivity index (χ3n) is 6.27. The standard InChI is InChI=1S/C22H26N5O3/c1-13-7-6-8-14(2)18(13)26-22(23-24-25-26)19-17-15(9-10-27(19,3)4)11-16-20(21(17)28-5)30-12-29-16/h6-8,11,19H,9-10,12H2,1-5H3/q+1. The van der Waals surface area contributed by atoms with Gasteiger partial charge in [-0.05, 0) is 47.0 Å². The summed E-state index contributed by atoms with van der Waals surface area (Å²) < 4.78 is 19.9. The highest BCUT2D eigenvalue weighted by atomic mass is 16.7. The van der Waals surface area contributed by atoms with Crippen molar-refractivity contribution in [2.24, 2.45) is 0 Å². The van der Waals surface area contributed by atoms with Crippen LogP contribution in [-0.2, 0) is 6.42 Å². The summed E-state index contributed by atoms with van der Waals surface area (Å²) in [5, 5.41) is 13.0. The van der Waals surface area contributed by atoms with Gasteiger partial charge in [-0.15, -0.1) is 5.10 Å². The van der Waals surface area contributed by atoms with Crippen LogP contribution in [0.5, 0.6) is 17.2 Å². The van der Waals surface area contributed by atoms with Crippen LogP contribution in [0.25, 0.3) is 5.69 Å². The van der Waals surface area contributed by atoms with Gasteiger partial charge >= 0.3 is 0 Å². The molecule has 2 aliphatic rings. The molecule has 0 fully saturated rings. The summed E-state index contributed by atoms with van der Waals surface area (Å²) in [4.78, 5) is 0. The molecule has 0 aliphatic carbocycles. The first-order chi connectivity index (χ1) is 14.4. The van der Waals surface area contributed by atoms with Crippen LogP contribution in [0.4, 0.5) is 0 Å². The average molecular weight is 408 g/mol. The van der Waals surface area contributed by atoms with Crippen molar-refractivity contribution in [2.45, 2.75) is 26.3 Å². The molecule has 3 heterocycles. The van der Waals surface area contributed by atoms with Crippen molar-refractivity contribution in [2.75, 3.05) is 34.5 Å². The van der Waals surface area contributed by atoms with Crippen LogP contribution in [0.2, 0.25) is 0 Å². The normalized spacial score (nSPS) is 18.9. The first-order valence-corrected chi connectivity index (χ1v) is 10.1. The number of fused-ring (bicyclic) bond motifs is 2. The van der Waals surface area contributed by atoms with Crippen LogP contribution < -0.4 is 14.2 Å². The summed E-state index contributed by atoms with van der Waals surface area (Å²) in [6.07, 6.45) is 0.913. The monoisotopic (exact) mass is 408 g/mol. The number of aromatic nitrogens is 4. The minimum atomic E-state index is -0.118. The lowest BCUT2D eigenvalue weighted by atomic mass is 9.88. The van der Waals surface area contributed by atoms with Crippen LogP contribution in [0.1, 0.15) is 34.1 Å². The molecule has 0 N–H and O–H groups in total. The van der Waals surface area contributed by atoms with Crippen molar-refractivity contribution < 1.29 is 18.7 Å². The molecule has 0 spiro atoms. The number of hydrogen-bond donors (Lipinski definition) is 0. The van der Waals surface area contributed by atoms with Gasteiger partial charge in [0.15, 0.2) is 17.5 Å². The molecule has 0 amide bonds. The van der Waals surface area contributed by atoms with E-state index in [9.17, 15) is 0 Å². The van der Waals surface area contributed by atoms with E-state index in [2.05, 4.69) is 67.7 Å². The SMILES string of the molecule is COc1c2c(cc3c1C(c1nnnn1-c1c(C)cccc1C)[N+](C)(C)CC3)OCO2. The zero-order chi connectivity index (χ0) is 21.0. The van der Waals surface area contributed by atoms with Gasteiger partial charge < -0.3 is 18.7 Å². The maximum atomic E-state index is 5.88. The van der Waals surface area contributed by atoms with Gasteiger partial charge in [-0.3, -0.25) is 0 Å². The van der Waals surface area contributed by atoms with Crippen molar-refractivity contribution in [3.05, 3.63) is 52.3 Å². The number of aryl methyl sites for hydroxylation is 2. The van der Waals surface area contributed by atoms with Crippen molar-refractivity contribution in [1.82, 2.24) is 20.2 Å². The molecule has 1 atom stereocenters. The smallest absolute Gasteiger partial charge is 0.231 e. The lowest BCUT2D eigenvalue weighted by Gasteiger charge is -2.42. The number of benzene rings is 2. The Balaban J connectivity index is 1.77. The Morgan fingerprint density at radius 3 is 2.67 bits per heavy atom. The van der Waals surface area contributed by atoms with E-state index in [0.717, 1.165) is 46.9 Å². The summed E-state index contributed by atoms with van der Waals surface area (Å²) in [5.41, 5.74) is 5.53. The number of nitrogens with zero attached hydrogens (tertiary/aromatic N) is 5. The van der Waals surface area contributed by atoms with E-state index in [4.69, 9.17) is 14.2 Å². The molecule has 5 rings (SSSR count). The van der Waals surface area contributed by atoms with E-state index in [1.54, 1.807) is 7.11 Å². The third-order valence-corrected chi connectivity index (χ3v) is 6.27. The summed E-state index contributed by atoms with van der Waals surface area (Å²) >= 11 is 0. The van der Waals surface area contributed by atoms with Gasteiger partial charge in [0.1, 0.15) is 0 Å². The highest BCUT2D eigenvalue weighted by molar-refractivity contribution is 5.62. The van der Waals surface area contributed by atoms with Crippen LogP contribution in [0, 0.1) is 13.8 Å². The molecule has 1 unspecified atom stereocenters. The van der Waals surface area contributed by atoms with Gasteiger partial charge in [0, 0.05) is 6.42 Å². The molecule has 8 heteroatoms. The molecule has 2 aromatic carbocycles. The Morgan fingerprint density at radius 2 is 1.93 bits per heavy atom. The molecule has 156 valence electrons. The fourth-order valence-corrected chi connectivity index (χ4v) is 4.78. The van der Waals surface area contributed by atoms with Gasteiger partial charge in [-0.2, -0.15) is 4.68 Å². The number of quaternary nitrogens is 1. The largest absolute Gasteiger partial charge is 0.492 e. The molecule has 8 nitrogen and oxygen atoms in total. The minimum Gasteiger partial charge on any atom is -0.492 e. The van der Waals surface area contributed by atoms with Crippen molar-refractivity contribution in [3.8, 4) is 22.9 Å². The molecule has 1 aromatic heterocycles. The van der Waals surface area contributed by atoms with E-state index in [1.165, 1.54) is 5.56 Å². The van der Waals surface area contributed by atoms with Crippen LogP contribution in [-0.4, -0.2) is 59.2 Å². The Morgan fingerprint density at radius 1 is 1.17 bits per heavy atom. The van der Waals surface area contributed by atoms with E-state index in [0.29, 0.717) is 16.0 Å². The lowest BCUT2D eigenvalue weighted by molar-refractivity contribution is -0.917. The van der Waals surface area contributed by atoms with Gasteiger partial charge in [0.05, 0.1) is 39.0 Å². The van der Waals surface area contributed by atoms with Crippen molar-refractivity contribution >= 4 is 0 Å². The molecule has 0 saturated heterocycles. The van der Waals surface area contributed by atoms with E-state index in [1.807, 2.05) is 4.68 Å². The van der Waals surface area contributed by atoms with Gasteiger partial charge in [0.25, 0.3) is 0 Å².